The zero-order chi connectivity index (χ0) is 17.7. The number of esters is 1. The Bertz CT molecular complexity index is 803. The molecule has 8 nitrogen and oxygen atoms in total. The molecule has 1 amide bonds. The minimum absolute atomic E-state index is 0.0585. The average molecular weight is 330 g/mol. The van der Waals surface area contributed by atoms with Gasteiger partial charge in [0, 0.05) is 6.07 Å². The van der Waals surface area contributed by atoms with Crippen LogP contribution >= 0.6 is 0 Å². The van der Waals surface area contributed by atoms with E-state index in [1.165, 1.54) is 37.3 Å². The molecule has 0 aliphatic rings. The van der Waals surface area contributed by atoms with Gasteiger partial charge in [0.1, 0.15) is 11.3 Å². The first kappa shape index (κ1) is 16.9. The van der Waals surface area contributed by atoms with E-state index in [-0.39, 0.29) is 22.7 Å². The number of para-hydroxylation sites is 1. The van der Waals surface area contributed by atoms with E-state index in [4.69, 9.17) is 4.74 Å². The highest BCUT2D eigenvalue weighted by atomic mass is 16.6. The molecule has 24 heavy (non-hydrogen) atoms. The van der Waals surface area contributed by atoms with Gasteiger partial charge in [-0.05, 0) is 25.1 Å². The molecule has 2 N–H and O–H groups in total. The molecule has 0 radical (unpaired) electrons. The van der Waals surface area contributed by atoms with Crippen LogP contribution in [0.4, 0.5) is 11.4 Å². The molecule has 0 aliphatic heterocycles. The molecule has 0 fully saturated rings. The molecule has 0 heterocycles. The number of rotatable bonds is 5. The van der Waals surface area contributed by atoms with Gasteiger partial charge in [0.25, 0.3) is 11.6 Å². The molecule has 0 unspecified atom stereocenters. The van der Waals surface area contributed by atoms with Gasteiger partial charge in [-0.3, -0.25) is 14.9 Å². The highest BCUT2D eigenvalue weighted by Gasteiger charge is 2.17. The third-order valence-corrected chi connectivity index (χ3v) is 3.23. The van der Waals surface area contributed by atoms with Crippen molar-refractivity contribution in [2.75, 3.05) is 11.9 Å². The number of nitrogens with one attached hydrogen (secondary N) is 1. The van der Waals surface area contributed by atoms with Crippen molar-refractivity contribution in [1.29, 1.82) is 0 Å². The summed E-state index contributed by atoms with van der Waals surface area (Å²) in [7, 11) is 0. The third kappa shape index (κ3) is 3.86. The van der Waals surface area contributed by atoms with Crippen LogP contribution in [0.25, 0.3) is 0 Å². The highest BCUT2D eigenvalue weighted by molar-refractivity contribution is 5.97. The first-order chi connectivity index (χ1) is 11.4. The van der Waals surface area contributed by atoms with Crippen molar-refractivity contribution in [3.63, 3.8) is 0 Å². The fourth-order valence-corrected chi connectivity index (χ4v) is 2.00. The molecule has 2 rings (SSSR count). The minimum atomic E-state index is -0.848. The maximum absolute atomic E-state index is 11.8. The smallest absolute Gasteiger partial charge is 0.342 e. The topological polar surface area (TPSA) is 119 Å². The van der Waals surface area contributed by atoms with Crippen LogP contribution in [-0.2, 0) is 9.53 Å². The van der Waals surface area contributed by atoms with Crippen LogP contribution < -0.4 is 5.32 Å². The van der Waals surface area contributed by atoms with Gasteiger partial charge >= 0.3 is 5.97 Å². The van der Waals surface area contributed by atoms with E-state index in [1.807, 2.05) is 0 Å². The number of aromatic hydroxyl groups is 1. The molecular formula is C16H14N2O6. The molecule has 0 aliphatic carbocycles. The SMILES string of the molecule is Cc1c(NC(=O)COC(=O)c2ccccc2O)cccc1[N+](=O)[O-]. The van der Waals surface area contributed by atoms with Crippen LogP contribution in [0.5, 0.6) is 5.75 Å². The van der Waals surface area contributed by atoms with Crippen molar-refractivity contribution >= 4 is 23.3 Å². The monoisotopic (exact) mass is 330 g/mol. The van der Waals surface area contributed by atoms with Gasteiger partial charge < -0.3 is 15.2 Å². The lowest BCUT2D eigenvalue weighted by atomic mass is 10.1. The Morgan fingerprint density at radius 1 is 1.21 bits per heavy atom. The predicted octanol–water partition coefficient (Wildman–Crippen LogP) is 2.40. The van der Waals surface area contributed by atoms with Crippen LogP contribution in [-0.4, -0.2) is 28.5 Å². The maximum atomic E-state index is 11.8. The molecule has 2 aromatic carbocycles. The van der Waals surface area contributed by atoms with E-state index in [1.54, 1.807) is 12.1 Å². The van der Waals surface area contributed by atoms with Gasteiger partial charge in [0.2, 0.25) is 0 Å². The van der Waals surface area contributed by atoms with E-state index in [2.05, 4.69) is 5.32 Å². The van der Waals surface area contributed by atoms with E-state index in [0.717, 1.165) is 0 Å². The lowest BCUT2D eigenvalue weighted by Gasteiger charge is -2.09. The second-order valence-corrected chi connectivity index (χ2v) is 4.85. The molecule has 8 heteroatoms. The molecule has 2 aromatic rings. The normalized spacial score (nSPS) is 10.0. The maximum Gasteiger partial charge on any atom is 0.342 e. The fraction of sp³-hybridized carbons (Fsp3) is 0.125. The second-order valence-electron chi connectivity index (χ2n) is 4.85. The van der Waals surface area contributed by atoms with E-state index < -0.39 is 23.4 Å². The Balaban J connectivity index is 2.00. The summed E-state index contributed by atoms with van der Waals surface area (Å²) in [6.45, 7) is 0.914. The summed E-state index contributed by atoms with van der Waals surface area (Å²) in [4.78, 5) is 33.9. The molecule has 0 aromatic heterocycles. The number of nitro groups is 1. The van der Waals surface area contributed by atoms with Crippen molar-refractivity contribution in [2.45, 2.75) is 6.92 Å². The summed E-state index contributed by atoms with van der Waals surface area (Å²) in [6.07, 6.45) is 0. The van der Waals surface area contributed by atoms with Crippen molar-refractivity contribution in [3.05, 3.63) is 63.7 Å². The summed E-state index contributed by atoms with van der Waals surface area (Å²) >= 11 is 0. The predicted molar refractivity (Wildman–Crippen MR) is 84.9 cm³/mol. The average Bonchev–Trinajstić information content (AvgIpc) is 2.54. The van der Waals surface area contributed by atoms with E-state index in [0.29, 0.717) is 5.56 Å². The van der Waals surface area contributed by atoms with Crippen LogP contribution in [0.1, 0.15) is 15.9 Å². The number of nitro benzene ring substituents is 1. The molecule has 0 bridgehead atoms. The van der Waals surface area contributed by atoms with Crippen molar-refractivity contribution in [3.8, 4) is 5.75 Å². The molecule has 0 saturated heterocycles. The fourth-order valence-electron chi connectivity index (χ4n) is 2.00. The summed E-state index contributed by atoms with van der Waals surface area (Å²) in [5, 5.41) is 22.8. The van der Waals surface area contributed by atoms with Crippen LogP contribution in [0.15, 0.2) is 42.5 Å². The Morgan fingerprint density at radius 3 is 2.58 bits per heavy atom. The molecule has 0 spiro atoms. The number of carbonyl (C=O) groups excluding carboxylic acids is 2. The number of hydrogen-bond acceptors (Lipinski definition) is 6. The number of carbonyl (C=O) groups is 2. The van der Waals surface area contributed by atoms with Gasteiger partial charge in [0.05, 0.1) is 16.2 Å². The van der Waals surface area contributed by atoms with Gasteiger partial charge in [-0.2, -0.15) is 0 Å². The molecule has 124 valence electrons. The molecule has 0 atom stereocenters. The third-order valence-electron chi connectivity index (χ3n) is 3.23. The number of ether oxygens (including phenoxy) is 1. The summed E-state index contributed by atoms with van der Waals surface area (Å²) in [6, 6.07) is 10.0. The number of nitrogens with zero attached hydrogens (tertiary/aromatic N) is 1. The Morgan fingerprint density at radius 2 is 1.92 bits per heavy atom. The molecular weight excluding hydrogens is 316 g/mol. The van der Waals surface area contributed by atoms with Crippen LogP contribution in [0, 0.1) is 17.0 Å². The van der Waals surface area contributed by atoms with Gasteiger partial charge in [-0.1, -0.05) is 18.2 Å². The number of phenolic OH excluding ortho intramolecular Hbond substituents is 1. The van der Waals surface area contributed by atoms with Crippen molar-refractivity contribution < 1.29 is 24.4 Å². The largest absolute Gasteiger partial charge is 0.507 e. The second kappa shape index (κ2) is 7.23. The number of benzene rings is 2. The molecule has 0 saturated carbocycles. The zero-order valence-electron chi connectivity index (χ0n) is 12.7. The number of hydrogen-bond donors (Lipinski definition) is 2. The summed E-state index contributed by atoms with van der Waals surface area (Å²) in [5.74, 6) is -1.75. The van der Waals surface area contributed by atoms with Crippen molar-refractivity contribution in [2.24, 2.45) is 0 Å². The highest BCUT2D eigenvalue weighted by Crippen LogP contribution is 2.25. The number of amides is 1. The first-order valence-corrected chi connectivity index (χ1v) is 6.89. The lowest BCUT2D eigenvalue weighted by Crippen LogP contribution is -2.21. The Hall–Kier alpha value is -3.42. The van der Waals surface area contributed by atoms with Crippen LogP contribution in [0.2, 0.25) is 0 Å². The quantitative estimate of drug-likeness (QED) is 0.493. The van der Waals surface area contributed by atoms with Crippen LogP contribution in [0.3, 0.4) is 0 Å². The zero-order valence-corrected chi connectivity index (χ0v) is 12.7. The summed E-state index contributed by atoms with van der Waals surface area (Å²) in [5.41, 5.74) is 0.367. The van der Waals surface area contributed by atoms with Gasteiger partial charge in [-0.25, -0.2) is 4.79 Å². The summed E-state index contributed by atoms with van der Waals surface area (Å²) < 4.78 is 4.82. The van der Waals surface area contributed by atoms with Gasteiger partial charge in [-0.15, -0.1) is 0 Å². The first-order valence-electron chi connectivity index (χ1n) is 6.89. The van der Waals surface area contributed by atoms with Crippen molar-refractivity contribution in [1.82, 2.24) is 0 Å². The standard InChI is InChI=1S/C16H14N2O6/c1-10-12(6-4-7-13(10)18(22)23)17-15(20)9-24-16(21)11-5-2-3-8-14(11)19/h2-8,19H,9H2,1H3,(H,17,20). The lowest BCUT2D eigenvalue weighted by molar-refractivity contribution is -0.385. The minimum Gasteiger partial charge on any atom is -0.507 e. The number of phenols is 1. The Kier molecular flexibility index (Phi) is 5.10. The van der Waals surface area contributed by atoms with Gasteiger partial charge in [0.15, 0.2) is 6.61 Å². The Labute approximate surface area is 136 Å². The number of anilines is 1. The van der Waals surface area contributed by atoms with E-state index >= 15 is 0 Å². The van der Waals surface area contributed by atoms with E-state index in [9.17, 15) is 24.8 Å².